The molecule has 2 aromatic carbocycles. The molecule has 1 saturated heterocycles. The number of nitrogens with zero attached hydrogens (tertiary/aromatic N) is 4. The van der Waals surface area contributed by atoms with Crippen molar-refractivity contribution in [3.8, 4) is 0 Å². The van der Waals surface area contributed by atoms with Gasteiger partial charge in [0, 0.05) is 74.5 Å². The molecule has 5 rings (SSSR count). The highest BCUT2D eigenvalue weighted by molar-refractivity contribution is 6.04. The minimum absolute atomic E-state index is 0.182. The van der Waals surface area contributed by atoms with Crippen molar-refractivity contribution in [2.45, 2.75) is 6.42 Å². The summed E-state index contributed by atoms with van der Waals surface area (Å²) in [6, 6.07) is 19.1. The summed E-state index contributed by atoms with van der Waals surface area (Å²) in [6.07, 6.45) is 4.38. The van der Waals surface area contributed by atoms with Crippen molar-refractivity contribution in [3.05, 3.63) is 84.2 Å². The number of fused-ring (bicyclic) bond motifs is 1. The number of pyridine rings is 1. The summed E-state index contributed by atoms with van der Waals surface area (Å²) in [6.45, 7) is 4.54. The van der Waals surface area contributed by atoms with Crippen molar-refractivity contribution in [2.75, 3.05) is 57.2 Å². The van der Waals surface area contributed by atoms with Gasteiger partial charge >= 0.3 is 6.03 Å². The molecule has 0 saturated carbocycles. The Morgan fingerprint density at radius 1 is 1.00 bits per heavy atom. The maximum absolute atomic E-state index is 12.9. The van der Waals surface area contributed by atoms with E-state index >= 15 is 0 Å². The third kappa shape index (κ3) is 5.69. The number of anilines is 3. The van der Waals surface area contributed by atoms with Crippen LogP contribution in [0, 0.1) is 0 Å². The highest BCUT2D eigenvalue weighted by atomic mass is 16.5. The number of carbonyl (C=O) groups excluding carboxylic acids is 2. The van der Waals surface area contributed by atoms with E-state index in [1.807, 2.05) is 72.6 Å². The Kier molecular flexibility index (Phi) is 7.67. The van der Waals surface area contributed by atoms with Crippen LogP contribution in [-0.4, -0.2) is 73.3 Å². The van der Waals surface area contributed by atoms with Gasteiger partial charge in [-0.1, -0.05) is 12.1 Å². The summed E-state index contributed by atoms with van der Waals surface area (Å²) in [4.78, 5) is 33.7. The van der Waals surface area contributed by atoms with E-state index in [1.165, 1.54) is 5.56 Å². The van der Waals surface area contributed by atoms with E-state index in [9.17, 15) is 9.59 Å². The van der Waals surface area contributed by atoms with Crippen molar-refractivity contribution >= 4 is 40.0 Å². The van der Waals surface area contributed by atoms with Crippen molar-refractivity contribution < 1.29 is 14.3 Å². The van der Waals surface area contributed by atoms with Gasteiger partial charge in [0.2, 0.25) is 0 Å². The Labute approximate surface area is 222 Å². The predicted octanol–water partition coefficient (Wildman–Crippen LogP) is 4.12. The molecule has 1 aliphatic rings. The molecule has 0 radical (unpaired) electrons. The molecule has 2 aromatic heterocycles. The number of ether oxygens (including phenoxy) is 1. The van der Waals surface area contributed by atoms with Crippen molar-refractivity contribution in [1.29, 1.82) is 0 Å². The second-order valence-electron chi connectivity index (χ2n) is 9.30. The number of amides is 2. The normalized spacial score (nSPS) is 13.8. The Morgan fingerprint density at radius 3 is 2.53 bits per heavy atom. The van der Waals surface area contributed by atoms with Gasteiger partial charge in [-0.3, -0.25) is 14.3 Å². The molecule has 1 fully saturated rings. The number of carbonyl (C=O) groups is 2. The van der Waals surface area contributed by atoms with Gasteiger partial charge in [0.15, 0.2) is 0 Å². The Morgan fingerprint density at radius 2 is 1.76 bits per heavy atom. The molecular formula is C29H32N6O3. The molecule has 2 N–H and O–H groups in total. The van der Waals surface area contributed by atoms with Gasteiger partial charge in [-0.25, -0.2) is 9.78 Å². The maximum Gasteiger partial charge on any atom is 0.325 e. The topological polar surface area (TPSA) is 91.7 Å². The molecule has 0 spiro atoms. The minimum Gasteiger partial charge on any atom is -0.379 e. The van der Waals surface area contributed by atoms with Gasteiger partial charge < -0.3 is 20.3 Å². The van der Waals surface area contributed by atoms with Gasteiger partial charge in [0.1, 0.15) is 5.82 Å². The molecule has 1 aliphatic heterocycles. The van der Waals surface area contributed by atoms with Crippen LogP contribution in [-0.2, 0) is 11.2 Å². The molecule has 0 aliphatic carbocycles. The van der Waals surface area contributed by atoms with Crippen LogP contribution in [0.4, 0.5) is 22.0 Å². The lowest BCUT2D eigenvalue weighted by Gasteiger charge is -2.26. The monoisotopic (exact) mass is 512 g/mol. The smallest absolute Gasteiger partial charge is 0.325 e. The summed E-state index contributed by atoms with van der Waals surface area (Å²) in [7, 11) is 3.56. The lowest BCUT2D eigenvalue weighted by Crippen LogP contribution is -2.37. The van der Waals surface area contributed by atoms with Gasteiger partial charge in [0.05, 0.1) is 18.7 Å². The Bertz CT molecular complexity index is 1430. The molecule has 9 nitrogen and oxygen atoms in total. The first-order chi connectivity index (χ1) is 18.5. The molecule has 4 aromatic rings. The summed E-state index contributed by atoms with van der Waals surface area (Å²) in [5.41, 5.74) is 4.45. The van der Waals surface area contributed by atoms with Crippen LogP contribution in [0.2, 0.25) is 0 Å². The van der Waals surface area contributed by atoms with E-state index in [-0.39, 0.29) is 11.9 Å². The zero-order valence-corrected chi connectivity index (χ0v) is 21.7. The van der Waals surface area contributed by atoms with Crippen LogP contribution in [0.15, 0.2) is 73.1 Å². The molecule has 0 bridgehead atoms. The first kappa shape index (κ1) is 25.4. The van der Waals surface area contributed by atoms with Crippen molar-refractivity contribution in [2.24, 2.45) is 0 Å². The number of morpholine rings is 1. The average molecular weight is 513 g/mol. The van der Waals surface area contributed by atoms with Crippen LogP contribution in [0.3, 0.4) is 0 Å². The van der Waals surface area contributed by atoms with Crippen LogP contribution in [0.5, 0.6) is 0 Å². The number of rotatable bonds is 7. The molecule has 0 unspecified atom stereocenters. The number of hydrogen-bond donors (Lipinski definition) is 2. The highest BCUT2D eigenvalue weighted by Crippen LogP contribution is 2.28. The van der Waals surface area contributed by atoms with Gasteiger partial charge in [0.25, 0.3) is 5.91 Å². The van der Waals surface area contributed by atoms with Gasteiger partial charge in [-0.2, -0.15) is 0 Å². The standard InChI is InChI=1S/C29H32N6O3/c1-30-29(37)35-14-11-23-19-24(7-8-26(23)35)33(2)25-9-12-31-27(20-25)32-28(36)22-5-3-21(4-6-22)10-13-34-15-17-38-18-16-34/h3-9,11-12,14,19-20H,10,13,15-18H2,1-2H3,(H,30,37)(H,31,32,36). The van der Waals surface area contributed by atoms with E-state index in [0.717, 1.165) is 61.5 Å². The van der Waals surface area contributed by atoms with Gasteiger partial charge in [-0.15, -0.1) is 0 Å². The fourth-order valence-corrected chi connectivity index (χ4v) is 4.60. The molecule has 9 heteroatoms. The average Bonchev–Trinajstić information content (AvgIpc) is 3.39. The maximum atomic E-state index is 12.9. The summed E-state index contributed by atoms with van der Waals surface area (Å²) in [5, 5.41) is 6.51. The summed E-state index contributed by atoms with van der Waals surface area (Å²) in [5.74, 6) is 0.275. The highest BCUT2D eigenvalue weighted by Gasteiger charge is 2.13. The van der Waals surface area contributed by atoms with E-state index < -0.39 is 0 Å². The van der Waals surface area contributed by atoms with Crippen LogP contribution < -0.4 is 15.5 Å². The predicted molar refractivity (Wildman–Crippen MR) is 149 cm³/mol. The molecule has 38 heavy (non-hydrogen) atoms. The third-order valence-electron chi connectivity index (χ3n) is 6.90. The lowest BCUT2D eigenvalue weighted by molar-refractivity contribution is 0.0384. The first-order valence-electron chi connectivity index (χ1n) is 12.8. The Hall–Kier alpha value is -4.21. The second-order valence-corrected chi connectivity index (χ2v) is 9.30. The largest absolute Gasteiger partial charge is 0.379 e. The number of aromatic nitrogens is 2. The number of benzene rings is 2. The van der Waals surface area contributed by atoms with E-state index in [2.05, 4.69) is 20.5 Å². The number of hydrogen-bond acceptors (Lipinski definition) is 6. The molecule has 196 valence electrons. The molecule has 3 heterocycles. The third-order valence-corrected chi connectivity index (χ3v) is 6.90. The molecular weight excluding hydrogens is 480 g/mol. The zero-order chi connectivity index (χ0) is 26.5. The molecule has 0 atom stereocenters. The van der Waals surface area contributed by atoms with Crippen LogP contribution in [0.1, 0.15) is 15.9 Å². The SMILES string of the molecule is CNC(=O)n1ccc2cc(N(C)c3ccnc(NC(=O)c4ccc(CCN5CCOCC5)cc4)c3)ccc21. The van der Waals surface area contributed by atoms with Crippen LogP contribution >= 0.6 is 0 Å². The van der Waals surface area contributed by atoms with E-state index in [4.69, 9.17) is 4.74 Å². The number of nitrogens with one attached hydrogen (secondary N) is 2. The van der Waals surface area contributed by atoms with E-state index in [0.29, 0.717) is 11.4 Å². The van der Waals surface area contributed by atoms with Gasteiger partial charge in [-0.05, 0) is 54.4 Å². The Balaban J connectivity index is 1.23. The minimum atomic E-state index is -0.200. The second kappa shape index (κ2) is 11.5. The fourth-order valence-electron chi connectivity index (χ4n) is 4.60. The summed E-state index contributed by atoms with van der Waals surface area (Å²) >= 11 is 0. The van der Waals surface area contributed by atoms with Crippen molar-refractivity contribution in [3.63, 3.8) is 0 Å². The van der Waals surface area contributed by atoms with E-state index in [1.54, 1.807) is 24.0 Å². The van der Waals surface area contributed by atoms with Crippen LogP contribution in [0.25, 0.3) is 10.9 Å². The van der Waals surface area contributed by atoms with Crippen molar-refractivity contribution in [1.82, 2.24) is 19.8 Å². The molecule has 2 amide bonds. The summed E-state index contributed by atoms with van der Waals surface area (Å²) < 4.78 is 6.98. The quantitative estimate of drug-likeness (QED) is 0.387. The zero-order valence-electron chi connectivity index (χ0n) is 21.7. The lowest BCUT2D eigenvalue weighted by atomic mass is 10.1. The fraction of sp³-hybridized carbons (Fsp3) is 0.276. The first-order valence-corrected chi connectivity index (χ1v) is 12.8.